The number of aromatic nitrogens is 1. The van der Waals surface area contributed by atoms with Crippen LogP contribution in [0.15, 0.2) is 6.07 Å². The third-order valence-electron chi connectivity index (χ3n) is 4.02. The summed E-state index contributed by atoms with van der Waals surface area (Å²) in [6.45, 7) is 9.89. The number of pyridine rings is 1. The summed E-state index contributed by atoms with van der Waals surface area (Å²) >= 11 is 0. The fourth-order valence-corrected chi connectivity index (χ4v) is 2.54. The highest BCUT2D eigenvalue weighted by Crippen LogP contribution is 2.25. The molecule has 1 fully saturated rings. The van der Waals surface area contributed by atoms with E-state index in [1.165, 1.54) is 24.0 Å². The van der Waals surface area contributed by atoms with E-state index in [1.54, 1.807) is 0 Å². The zero-order chi connectivity index (χ0) is 15.2. The molecule has 0 aromatic carbocycles. The molecular formula is C17H29N3O. The van der Waals surface area contributed by atoms with E-state index >= 15 is 0 Å². The largest absolute Gasteiger partial charge is 0.476 e. The van der Waals surface area contributed by atoms with Gasteiger partial charge in [-0.1, -0.05) is 6.92 Å². The number of rotatable bonds is 9. The number of nitrogens with one attached hydrogen (secondary N) is 1. The Hall–Kier alpha value is -1.13. The lowest BCUT2D eigenvalue weighted by molar-refractivity contribution is 0.224. The van der Waals surface area contributed by atoms with Crippen molar-refractivity contribution in [3.63, 3.8) is 0 Å². The first-order valence-corrected chi connectivity index (χ1v) is 8.12. The summed E-state index contributed by atoms with van der Waals surface area (Å²) in [7, 11) is 2.18. The molecule has 1 heterocycles. The summed E-state index contributed by atoms with van der Waals surface area (Å²) in [6.07, 6.45) is 3.82. The molecule has 4 heteroatoms. The fourth-order valence-electron chi connectivity index (χ4n) is 2.54. The second kappa shape index (κ2) is 7.76. The minimum atomic E-state index is 0.712. The molecule has 21 heavy (non-hydrogen) atoms. The average molecular weight is 291 g/mol. The van der Waals surface area contributed by atoms with Gasteiger partial charge in [0.05, 0.1) is 0 Å². The molecular weight excluding hydrogens is 262 g/mol. The Morgan fingerprint density at radius 3 is 2.81 bits per heavy atom. The summed E-state index contributed by atoms with van der Waals surface area (Å²) in [5.74, 6) is 0.806. The lowest BCUT2D eigenvalue weighted by atomic mass is 10.1. The van der Waals surface area contributed by atoms with Crippen LogP contribution in [0.2, 0.25) is 0 Å². The van der Waals surface area contributed by atoms with E-state index in [0.29, 0.717) is 6.61 Å². The Morgan fingerprint density at radius 1 is 1.38 bits per heavy atom. The molecule has 0 amide bonds. The predicted molar refractivity (Wildman–Crippen MR) is 86.9 cm³/mol. The number of aryl methyl sites for hydroxylation is 2. The molecule has 1 aromatic rings. The van der Waals surface area contributed by atoms with Gasteiger partial charge < -0.3 is 15.0 Å². The summed E-state index contributed by atoms with van der Waals surface area (Å²) in [5.41, 5.74) is 3.48. The van der Waals surface area contributed by atoms with Gasteiger partial charge in [-0.2, -0.15) is 0 Å². The molecule has 0 aliphatic heterocycles. The van der Waals surface area contributed by atoms with E-state index in [9.17, 15) is 0 Å². The van der Waals surface area contributed by atoms with Gasteiger partial charge in [0.25, 0.3) is 0 Å². The Bertz CT molecular complexity index is 458. The molecule has 2 rings (SSSR count). The molecule has 1 aliphatic carbocycles. The van der Waals surface area contributed by atoms with Gasteiger partial charge in [-0.15, -0.1) is 0 Å². The Labute approximate surface area is 128 Å². The SMILES string of the molecule is CCCNCc1c(C)cc(C)nc1OCCN(C)C1CC1. The summed E-state index contributed by atoms with van der Waals surface area (Å²) < 4.78 is 5.99. The van der Waals surface area contributed by atoms with Crippen molar-refractivity contribution >= 4 is 0 Å². The second-order valence-electron chi connectivity index (χ2n) is 6.10. The van der Waals surface area contributed by atoms with Crippen molar-refractivity contribution < 1.29 is 4.74 Å². The second-order valence-corrected chi connectivity index (χ2v) is 6.10. The van der Waals surface area contributed by atoms with E-state index in [2.05, 4.69) is 42.2 Å². The maximum absolute atomic E-state index is 5.99. The maximum atomic E-state index is 5.99. The number of hydrogen-bond acceptors (Lipinski definition) is 4. The van der Waals surface area contributed by atoms with E-state index in [1.807, 2.05) is 6.92 Å². The van der Waals surface area contributed by atoms with Crippen LogP contribution >= 0.6 is 0 Å². The van der Waals surface area contributed by atoms with Crippen molar-refractivity contribution in [1.82, 2.24) is 15.2 Å². The molecule has 0 atom stereocenters. The van der Waals surface area contributed by atoms with Crippen LogP contribution in [-0.2, 0) is 6.54 Å². The zero-order valence-electron chi connectivity index (χ0n) is 13.9. The van der Waals surface area contributed by atoms with E-state index < -0.39 is 0 Å². The maximum Gasteiger partial charge on any atom is 0.218 e. The highest BCUT2D eigenvalue weighted by atomic mass is 16.5. The van der Waals surface area contributed by atoms with Crippen molar-refractivity contribution in [2.75, 3.05) is 26.7 Å². The normalized spacial score (nSPS) is 14.7. The van der Waals surface area contributed by atoms with E-state index in [-0.39, 0.29) is 0 Å². The van der Waals surface area contributed by atoms with Gasteiger partial charge in [-0.3, -0.25) is 0 Å². The highest BCUT2D eigenvalue weighted by Gasteiger charge is 2.25. The topological polar surface area (TPSA) is 37.4 Å². The van der Waals surface area contributed by atoms with Crippen molar-refractivity contribution in [2.24, 2.45) is 0 Å². The van der Waals surface area contributed by atoms with Crippen molar-refractivity contribution in [3.05, 3.63) is 22.9 Å². The van der Waals surface area contributed by atoms with Crippen molar-refractivity contribution in [1.29, 1.82) is 0 Å². The first-order chi connectivity index (χ1) is 10.1. The molecule has 0 spiro atoms. The van der Waals surface area contributed by atoms with Crippen LogP contribution in [0, 0.1) is 13.8 Å². The van der Waals surface area contributed by atoms with Crippen LogP contribution in [0.5, 0.6) is 5.88 Å². The third-order valence-corrected chi connectivity index (χ3v) is 4.02. The lowest BCUT2D eigenvalue weighted by Crippen LogP contribution is -2.26. The van der Waals surface area contributed by atoms with Crippen molar-refractivity contribution in [3.8, 4) is 5.88 Å². The highest BCUT2D eigenvalue weighted by molar-refractivity contribution is 5.35. The molecule has 1 aromatic heterocycles. The first-order valence-electron chi connectivity index (χ1n) is 8.12. The quantitative estimate of drug-likeness (QED) is 0.710. The lowest BCUT2D eigenvalue weighted by Gasteiger charge is -2.18. The molecule has 1 saturated carbocycles. The van der Waals surface area contributed by atoms with Gasteiger partial charge in [0.2, 0.25) is 5.88 Å². The van der Waals surface area contributed by atoms with Crippen molar-refractivity contribution in [2.45, 2.75) is 52.6 Å². The van der Waals surface area contributed by atoms with Crippen LogP contribution in [0.4, 0.5) is 0 Å². The minimum absolute atomic E-state index is 0.712. The fraction of sp³-hybridized carbons (Fsp3) is 0.706. The number of hydrogen-bond donors (Lipinski definition) is 1. The summed E-state index contributed by atoms with van der Waals surface area (Å²) in [5, 5.41) is 3.45. The number of ether oxygens (including phenoxy) is 1. The number of likely N-dealkylation sites (N-methyl/N-ethyl adjacent to an activating group) is 1. The van der Waals surface area contributed by atoms with Gasteiger partial charge in [0.15, 0.2) is 0 Å². The Morgan fingerprint density at radius 2 is 2.14 bits per heavy atom. The third kappa shape index (κ3) is 4.97. The molecule has 0 radical (unpaired) electrons. The van der Waals surface area contributed by atoms with E-state index in [4.69, 9.17) is 4.74 Å². The van der Waals surface area contributed by atoms with Crippen LogP contribution in [0.25, 0.3) is 0 Å². The zero-order valence-corrected chi connectivity index (χ0v) is 13.9. The van der Waals surface area contributed by atoms with Gasteiger partial charge in [0, 0.05) is 30.4 Å². The molecule has 4 nitrogen and oxygen atoms in total. The molecule has 0 saturated heterocycles. The van der Waals surface area contributed by atoms with Gasteiger partial charge in [-0.25, -0.2) is 4.98 Å². The Balaban J connectivity index is 1.94. The average Bonchev–Trinajstić information content (AvgIpc) is 3.26. The monoisotopic (exact) mass is 291 g/mol. The van der Waals surface area contributed by atoms with E-state index in [0.717, 1.165) is 43.7 Å². The Kier molecular flexibility index (Phi) is 6.00. The number of nitrogens with zero attached hydrogens (tertiary/aromatic N) is 2. The van der Waals surface area contributed by atoms with Crippen LogP contribution in [-0.4, -0.2) is 42.7 Å². The van der Waals surface area contributed by atoms with Crippen LogP contribution in [0.3, 0.4) is 0 Å². The molecule has 1 aliphatic rings. The van der Waals surface area contributed by atoms with Gasteiger partial charge >= 0.3 is 0 Å². The van der Waals surface area contributed by atoms with Crippen LogP contribution in [0.1, 0.15) is 43.0 Å². The molecule has 118 valence electrons. The van der Waals surface area contributed by atoms with Gasteiger partial charge in [0.1, 0.15) is 6.61 Å². The molecule has 1 N–H and O–H groups in total. The smallest absolute Gasteiger partial charge is 0.218 e. The standard InChI is InChI=1S/C17H29N3O/c1-5-8-18-12-16-13(2)11-14(3)19-17(16)21-10-9-20(4)15-6-7-15/h11,15,18H,5-10,12H2,1-4H3. The first kappa shape index (κ1) is 16.2. The molecule has 0 unspecified atom stereocenters. The summed E-state index contributed by atoms with van der Waals surface area (Å²) in [6, 6.07) is 2.91. The van der Waals surface area contributed by atoms with Crippen LogP contribution < -0.4 is 10.1 Å². The molecule has 0 bridgehead atoms. The van der Waals surface area contributed by atoms with Gasteiger partial charge in [-0.05, 0) is 58.3 Å². The predicted octanol–water partition coefficient (Wildman–Crippen LogP) is 2.67. The summed E-state index contributed by atoms with van der Waals surface area (Å²) in [4.78, 5) is 6.98. The minimum Gasteiger partial charge on any atom is -0.476 e.